The van der Waals surface area contributed by atoms with Gasteiger partial charge in [0.15, 0.2) is 0 Å². The molecule has 0 spiro atoms. The minimum absolute atomic E-state index is 0.331. The molecule has 2 rings (SSSR count). The van der Waals surface area contributed by atoms with Crippen LogP contribution in [0.1, 0.15) is 12.5 Å². The summed E-state index contributed by atoms with van der Waals surface area (Å²) >= 11 is 3.41. The summed E-state index contributed by atoms with van der Waals surface area (Å²) in [7, 11) is 0. The van der Waals surface area contributed by atoms with E-state index in [9.17, 15) is 5.11 Å². The summed E-state index contributed by atoms with van der Waals surface area (Å²) in [5.74, 6) is 0. The standard InChI is InChI=1S/C10H11BrN2O/c1-6(14)5-7-3-2-4-8-9(7)10(11)13-12-8/h2-4,6,14H,5H2,1H3,(H,12,13). The van der Waals surface area contributed by atoms with Crippen LogP contribution in [0.3, 0.4) is 0 Å². The average molecular weight is 255 g/mol. The lowest BCUT2D eigenvalue weighted by atomic mass is 10.1. The monoisotopic (exact) mass is 254 g/mol. The predicted octanol–water partition coefficient (Wildman–Crippen LogP) is 2.25. The first kappa shape index (κ1) is 9.68. The molecular formula is C10H11BrN2O. The molecule has 1 atom stereocenters. The molecule has 0 aliphatic carbocycles. The minimum atomic E-state index is -0.331. The van der Waals surface area contributed by atoms with Crippen molar-refractivity contribution in [3.8, 4) is 0 Å². The first-order valence-corrected chi connectivity index (χ1v) is 5.27. The molecular weight excluding hydrogens is 244 g/mol. The van der Waals surface area contributed by atoms with Crippen LogP contribution in [-0.4, -0.2) is 21.4 Å². The number of aromatic amines is 1. The zero-order valence-electron chi connectivity index (χ0n) is 7.79. The van der Waals surface area contributed by atoms with Gasteiger partial charge in [0, 0.05) is 5.39 Å². The first-order chi connectivity index (χ1) is 6.68. The van der Waals surface area contributed by atoms with Crippen molar-refractivity contribution in [2.75, 3.05) is 0 Å². The van der Waals surface area contributed by atoms with E-state index < -0.39 is 0 Å². The number of H-pyrrole nitrogens is 1. The lowest BCUT2D eigenvalue weighted by molar-refractivity contribution is 0.196. The number of nitrogens with zero attached hydrogens (tertiary/aromatic N) is 1. The highest BCUT2D eigenvalue weighted by molar-refractivity contribution is 9.10. The van der Waals surface area contributed by atoms with Crippen LogP contribution in [0, 0.1) is 0 Å². The Labute approximate surface area is 90.3 Å². The van der Waals surface area contributed by atoms with Gasteiger partial charge in [0.25, 0.3) is 0 Å². The van der Waals surface area contributed by atoms with E-state index in [2.05, 4.69) is 26.1 Å². The van der Waals surface area contributed by atoms with Gasteiger partial charge in [0.05, 0.1) is 11.6 Å². The van der Waals surface area contributed by atoms with Crippen LogP contribution >= 0.6 is 15.9 Å². The molecule has 3 nitrogen and oxygen atoms in total. The number of aromatic nitrogens is 2. The summed E-state index contributed by atoms with van der Waals surface area (Å²) in [5, 5.41) is 17.4. The average Bonchev–Trinajstić information content (AvgIpc) is 2.48. The maximum Gasteiger partial charge on any atom is 0.109 e. The van der Waals surface area contributed by atoms with Gasteiger partial charge in [-0.3, -0.25) is 5.10 Å². The number of fused-ring (bicyclic) bond motifs is 1. The quantitative estimate of drug-likeness (QED) is 0.864. The van der Waals surface area contributed by atoms with Crippen molar-refractivity contribution >= 4 is 26.8 Å². The molecule has 0 saturated heterocycles. The first-order valence-electron chi connectivity index (χ1n) is 4.48. The normalized spacial score (nSPS) is 13.4. The fraction of sp³-hybridized carbons (Fsp3) is 0.300. The van der Waals surface area contributed by atoms with Gasteiger partial charge in [0.1, 0.15) is 4.60 Å². The molecule has 1 aromatic heterocycles. The molecule has 14 heavy (non-hydrogen) atoms. The summed E-state index contributed by atoms with van der Waals surface area (Å²) < 4.78 is 0.878. The van der Waals surface area contributed by atoms with Crippen LogP contribution in [0.4, 0.5) is 0 Å². The smallest absolute Gasteiger partial charge is 0.109 e. The molecule has 74 valence electrons. The van der Waals surface area contributed by atoms with Crippen LogP contribution in [0.25, 0.3) is 10.9 Å². The molecule has 0 amide bonds. The SMILES string of the molecule is CC(O)Cc1cccc2n[nH]c(Br)c12. The molecule has 0 fully saturated rings. The maximum absolute atomic E-state index is 9.35. The van der Waals surface area contributed by atoms with Gasteiger partial charge in [-0.05, 0) is 40.9 Å². The molecule has 1 heterocycles. The van der Waals surface area contributed by atoms with E-state index in [0.717, 1.165) is 21.1 Å². The Hall–Kier alpha value is -0.870. The van der Waals surface area contributed by atoms with Crippen molar-refractivity contribution in [1.82, 2.24) is 10.2 Å². The van der Waals surface area contributed by atoms with E-state index in [1.807, 2.05) is 18.2 Å². The molecule has 4 heteroatoms. The molecule has 2 aromatic rings. The number of aliphatic hydroxyl groups is 1. The van der Waals surface area contributed by atoms with Crippen molar-refractivity contribution < 1.29 is 5.11 Å². The summed E-state index contributed by atoms with van der Waals surface area (Å²) in [6.45, 7) is 1.78. The molecule has 1 aromatic carbocycles. The van der Waals surface area contributed by atoms with Crippen LogP contribution in [0.15, 0.2) is 22.8 Å². The molecule has 2 N–H and O–H groups in total. The fourth-order valence-corrected chi connectivity index (χ4v) is 2.13. The maximum atomic E-state index is 9.35. The highest BCUT2D eigenvalue weighted by atomic mass is 79.9. The van der Waals surface area contributed by atoms with Crippen molar-refractivity contribution in [1.29, 1.82) is 0 Å². The Morgan fingerprint density at radius 1 is 1.57 bits per heavy atom. The van der Waals surface area contributed by atoms with E-state index in [4.69, 9.17) is 0 Å². The fourth-order valence-electron chi connectivity index (χ4n) is 1.59. The summed E-state index contributed by atoms with van der Waals surface area (Å²) in [4.78, 5) is 0. The molecule has 0 saturated carbocycles. The third-order valence-electron chi connectivity index (χ3n) is 2.14. The van der Waals surface area contributed by atoms with Gasteiger partial charge in [-0.15, -0.1) is 0 Å². The van der Waals surface area contributed by atoms with Gasteiger partial charge in [-0.2, -0.15) is 5.10 Å². The number of aliphatic hydroxyl groups excluding tert-OH is 1. The Balaban J connectivity index is 2.57. The highest BCUT2D eigenvalue weighted by Gasteiger charge is 2.09. The van der Waals surface area contributed by atoms with E-state index in [1.165, 1.54) is 0 Å². The van der Waals surface area contributed by atoms with E-state index >= 15 is 0 Å². The summed E-state index contributed by atoms with van der Waals surface area (Å²) in [5.41, 5.74) is 2.04. The van der Waals surface area contributed by atoms with Gasteiger partial charge in [0.2, 0.25) is 0 Å². The second kappa shape index (κ2) is 3.71. The Morgan fingerprint density at radius 3 is 3.07 bits per heavy atom. The Bertz CT molecular complexity index is 450. The van der Waals surface area contributed by atoms with Crippen molar-refractivity contribution in [2.45, 2.75) is 19.4 Å². The van der Waals surface area contributed by atoms with Crippen molar-refractivity contribution in [2.24, 2.45) is 0 Å². The van der Waals surface area contributed by atoms with Crippen molar-refractivity contribution in [3.05, 3.63) is 28.4 Å². The third kappa shape index (κ3) is 1.67. The molecule has 0 aliphatic rings. The summed E-state index contributed by atoms with van der Waals surface area (Å²) in [6, 6.07) is 5.91. The highest BCUT2D eigenvalue weighted by Crippen LogP contribution is 2.25. The lowest BCUT2D eigenvalue weighted by Crippen LogP contribution is -2.04. The van der Waals surface area contributed by atoms with Crippen LogP contribution < -0.4 is 0 Å². The number of halogens is 1. The Kier molecular flexibility index (Phi) is 2.56. The van der Waals surface area contributed by atoms with Gasteiger partial charge < -0.3 is 5.11 Å². The zero-order chi connectivity index (χ0) is 10.1. The minimum Gasteiger partial charge on any atom is -0.393 e. The summed E-state index contributed by atoms with van der Waals surface area (Å²) in [6.07, 6.45) is 0.317. The second-order valence-corrected chi connectivity index (χ2v) is 4.19. The predicted molar refractivity (Wildman–Crippen MR) is 59.2 cm³/mol. The zero-order valence-corrected chi connectivity index (χ0v) is 9.37. The van der Waals surface area contributed by atoms with Crippen LogP contribution in [0.5, 0.6) is 0 Å². The largest absolute Gasteiger partial charge is 0.393 e. The molecule has 0 bridgehead atoms. The van der Waals surface area contributed by atoms with Gasteiger partial charge >= 0.3 is 0 Å². The van der Waals surface area contributed by atoms with Gasteiger partial charge in [-0.1, -0.05) is 12.1 Å². The number of hydrogen-bond donors (Lipinski definition) is 2. The van der Waals surface area contributed by atoms with Crippen molar-refractivity contribution in [3.63, 3.8) is 0 Å². The van der Waals surface area contributed by atoms with Crippen LogP contribution in [0.2, 0.25) is 0 Å². The molecule has 1 unspecified atom stereocenters. The number of benzene rings is 1. The van der Waals surface area contributed by atoms with Crippen LogP contribution in [-0.2, 0) is 6.42 Å². The number of nitrogens with one attached hydrogen (secondary N) is 1. The topological polar surface area (TPSA) is 48.9 Å². The van der Waals surface area contributed by atoms with Gasteiger partial charge in [-0.25, -0.2) is 0 Å². The lowest BCUT2D eigenvalue weighted by Gasteiger charge is -2.05. The number of hydrogen-bond acceptors (Lipinski definition) is 2. The van der Waals surface area contributed by atoms with E-state index in [-0.39, 0.29) is 6.10 Å². The molecule has 0 aliphatic heterocycles. The number of rotatable bonds is 2. The second-order valence-electron chi connectivity index (χ2n) is 3.40. The third-order valence-corrected chi connectivity index (χ3v) is 2.71. The Morgan fingerprint density at radius 2 is 2.36 bits per heavy atom. The van der Waals surface area contributed by atoms with E-state index in [0.29, 0.717) is 6.42 Å². The molecule has 0 radical (unpaired) electrons. The van der Waals surface area contributed by atoms with E-state index in [1.54, 1.807) is 6.92 Å².